The zero-order chi connectivity index (χ0) is 20.1. The van der Waals surface area contributed by atoms with Gasteiger partial charge in [-0.3, -0.25) is 4.79 Å². The highest BCUT2D eigenvalue weighted by atomic mass is 16.5. The number of amides is 3. The number of anilines is 4. The number of benzene rings is 2. The number of methoxy groups -OCH3 is 1. The Morgan fingerprint density at radius 2 is 1.82 bits per heavy atom. The van der Waals surface area contributed by atoms with Crippen LogP contribution < -0.4 is 31.3 Å². The Kier molecular flexibility index (Phi) is 4.06. The van der Waals surface area contributed by atoms with Crippen molar-refractivity contribution < 1.29 is 14.3 Å². The average molecular weight is 381 g/mol. The van der Waals surface area contributed by atoms with Crippen molar-refractivity contribution in [2.45, 2.75) is 25.4 Å². The van der Waals surface area contributed by atoms with Gasteiger partial charge in [0.2, 0.25) is 5.91 Å². The Bertz CT molecular complexity index is 986. The lowest BCUT2D eigenvalue weighted by Crippen LogP contribution is -2.26. The lowest BCUT2D eigenvalue weighted by molar-refractivity contribution is -0.119. The minimum Gasteiger partial charge on any atom is -0.496 e. The predicted octanol–water partition coefficient (Wildman–Crippen LogP) is 3.21. The van der Waals surface area contributed by atoms with E-state index in [1.807, 2.05) is 38.1 Å². The van der Waals surface area contributed by atoms with Gasteiger partial charge in [0, 0.05) is 30.1 Å². The van der Waals surface area contributed by atoms with Crippen molar-refractivity contribution in [2.24, 2.45) is 0 Å². The fraction of sp³-hybridized carbons (Fsp3) is 0.300. The van der Waals surface area contributed by atoms with Crippen LogP contribution in [0, 0.1) is 0 Å². The number of nitrogens with one attached hydrogen (secondary N) is 5. The number of carbonyl (C=O) groups excluding carboxylic acids is 2. The van der Waals surface area contributed by atoms with E-state index >= 15 is 0 Å². The third-order valence-electron chi connectivity index (χ3n) is 5.28. The molecule has 3 amide bonds. The van der Waals surface area contributed by atoms with E-state index in [9.17, 15) is 9.59 Å². The van der Waals surface area contributed by atoms with Gasteiger partial charge in [-0.2, -0.15) is 0 Å². The molecule has 0 radical (unpaired) electrons. The standard InChI is InChI=1S/C20H23N5O3/c1-20(2)12-8-14-15(9-13(12)25-18(20)26)24-17(23-14)11-6-5-10(7-16(11)28-4)22-19(27)21-3/h5-9,17,23-24H,1-4H3,(H,25,26)(H2,21,22,27). The van der Waals surface area contributed by atoms with Crippen molar-refractivity contribution in [3.05, 3.63) is 41.5 Å². The number of fused-ring (bicyclic) bond motifs is 2. The highest BCUT2D eigenvalue weighted by Gasteiger charge is 2.40. The maximum Gasteiger partial charge on any atom is 0.318 e. The third-order valence-corrected chi connectivity index (χ3v) is 5.28. The molecule has 2 aliphatic heterocycles. The SMILES string of the molecule is CNC(=O)Nc1ccc(C2Nc3cc4c(cc3N2)C(C)(C)C(=O)N4)c(OC)c1. The van der Waals surface area contributed by atoms with Crippen molar-refractivity contribution >= 4 is 34.7 Å². The third kappa shape index (κ3) is 2.77. The zero-order valence-corrected chi connectivity index (χ0v) is 16.2. The van der Waals surface area contributed by atoms with Gasteiger partial charge in [-0.1, -0.05) is 0 Å². The normalized spacial score (nSPS) is 18.3. The maximum absolute atomic E-state index is 12.2. The van der Waals surface area contributed by atoms with Crippen LogP contribution in [-0.4, -0.2) is 26.1 Å². The molecule has 0 spiro atoms. The molecule has 2 aromatic rings. The molecule has 4 rings (SSSR count). The van der Waals surface area contributed by atoms with Crippen molar-refractivity contribution in [3.63, 3.8) is 0 Å². The van der Waals surface area contributed by atoms with Gasteiger partial charge >= 0.3 is 6.03 Å². The van der Waals surface area contributed by atoms with Gasteiger partial charge in [0.05, 0.1) is 23.9 Å². The fourth-order valence-electron chi connectivity index (χ4n) is 3.58. The topological polar surface area (TPSA) is 104 Å². The molecule has 0 fully saturated rings. The molecule has 2 aliphatic rings. The molecule has 1 unspecified atom stereocenters. The molecule has 0 aromatic heterocycles. The van der Waals surface area contributed by atoms with E-state index in [0.29, 0.717) is 11.4 Å². The summed E-state index contributed by atoms with van der Waals surface area (Å²) >= 11 is 0. The molecule has 0 bridgehead atoms. The molecule has 8 heteroatoms. The van der Waals surface area contributed by atoms with Gasteiger partial charge in [0.1, 0.15) is 11.9 Å². The minimum atomic E-state index is -0.561. The Morgan fingerprint density at radius 1 is 1.11 bits per heavy atom. The van der Waals surface area contributed by atoms with E-state index in [4.69, 9.17) is 4.74 Å². The zero-order valence-electron chi connectivity index (χ0n) is 16.2. The van der Waals surface area contributed by atoms with Crippen LogP contribution in [0.25, 0.3) is 0 Å². The Hall–Kier alpha value is -3.42. The molecular weight excluding hydrogens is 358 g/mol. The maximum atomic E-state index is 12.2. The smallest absolute Gasteiger partial charge is 0.318 e. The van der Waals surface area contributed by atoms with Gasteiger partial charge in [0.15, 0.2) is 0 Å². The van der Waals surface area contributed by atoms with E-state index in [1.54, 1.807) is 20.2 Å². The molecule has 0 saturated heterocycles. The molecule has 2 aromatic carbocycles. The number of urea groups is 1. The van der Waals surface area contributed by atoms with Crippen LogP contribution in [-0.2, 0) is 10.2 Å². The van der Waals surface area contributed by atoms with Crippen LogP contribution >= 0.6 is 0 Å². The summed E-state index contributed by atoms with van der Waals surface area (Å²) in [4.78, 5) is 23.7. The van der Waals surface area contributed by atoms with Gasteiger partial charge in [-0.25, -0.2) is 4.79 Å². The molecule has 8 nitrogen and oxygen atoms in total. The second-order valence-electron chi connectivity index (χ2n) is 7.41. The fourth-order valence-corrected chi connectivity index (χ4v) is 3.58. The first kappa shape index (κ1) is 18.0. The molecular formula is C20H23N5O3. The summed E-state index contributed by atoms with van der Waals surface area (Å²) in [5.74, 6) is 0.650. The van der Waals surface area contributed by atoms with Crippen molar-refractivity contribution in [1.29, 1.82) is 0 Å². The summed E-state index contributed by atoms with van der Waals surface area (Å²) in [6.45, 7) is 3.84. The van der Waals surface area contributed by atoms with Crippen LogP contribution in [0.2, 0.25) is 0 Å². The van der Waals surface area contributed by atoms with E-state index < -0.39 is 5.41 Å². The first-order valence-electron chi connectivity index (χ1n) is 9.03. The number of hydrogen-bond donors (Lipinski definition) is 5. The highest BCUT2D eigenvalue weighted by Crippen LogP contribution is 2.46. The molecule has 0 saturated carbocycles. The Morgan fingerprint density at radius 3 is 2.50 bits per heavy atom. The summed E-state index contributed by atoms with van der Waals surface area (Å²) in [6.07, 6.45) is -0.194. The second-order valence-corrected chi connectivity index (χ2v) is 7.41. The summed E-state index contributed by atoms with van der Waals surface area (Å²) < 4.78 is 5.53. The molecule has 0 aliphatic carbocycles. The van der Waals surface area contributed by atoms with Crippen LogP contribution in [0.4, 0.5) is 27.5 Å². The Balaban J connectivity index is 1.62. The summed E-state index contributed by atoms with van der Waals surface area (Å²) in [5.41, 5.74) is 4.64. The van der Waals surface area contributed by atoms with Crippen LogP contribution in [0.1, 0.15) is 31.1 Å². The van der Waals surface area contributed by atoms with Gasteiger partial charge in [-0.05, 0) is 43.7 Å². The summed E-state index contributed by atoms with van der Waals surface area (Å²) in [7, 11) is 3.16. The predicted molar refractivity (Wildman–Crippen MR) is 109 cm³/mol. The van der Waals surface area contributed by atoms with Crippen LogP contribution in [0.5, 0.6) is 5.75 Å². The van der Waals surface area contributed by atoms with Crippen molar-refractivity contribution in [3.8, 4) is 5.75 Å². The lowest BCUT2D eigenvalue weighted by atomic mass is 9.86. The number of ether oxygens (including phenoxy) is 1. The highest BCUT2D eigenvalue weighted by molar-refractivity contribution is 6.07. The minimum absolute atomic E-state index is 0.00333. The van der Waals surface area contributed by atoms with Gasteiger partial charge in [0.25, 0.3) is 0 Å². The molecule has 28 heavy (non-hydrogen) atoms. The molecule has 2 heterocycles. The van der Waals surface area contributed by atoms with Crippen molar-refractivity contribution in [2.75, 3.05) is 35.4 Å². The number of hydrogen-bond acceptors (Lipinski definition) is 5. The molecule has 146 valence electrons. The second kappa shape index (κ2) is 6.33. The summed E-state index contributed by atoms with van der Waals surface area (Å²) in [5, 5.41) is 15.1. The van der Waals surface area contributed by atoms with Crippen LogP contribution in [0.15, 0.2) is 30.3 Å². The van der Waals surface area contributed by atoms with Crippen LogP contribution in [0.3, 0.4) is 0 Å². The van der Waals surface area contributed by atoms with Crippen molar-refractivity contribution in [1.82, 2.24) is 5.32 Å². The first-order chi connectivity index (χ1) is 13.3. The van der Waals surface area contributed by atoms with E-state index in [2.05, 4.69) is 26.6 Å². The summed E-state index contributed by atoms with van der Waals surface area (Å²) in [6, 6.07) is 9.18. The number of rotatable bonds is 3. The largest absolute Gasteiger partial charge is 0.496 e. The van der Waals surface area contributed by atoms with Gasteiger partial charge in [-0.15, -0.1) is 0 Å². The quantitative estimate of drug-likeness (QED) is 0.562. The average Bonchev–Trinajstić information content (AvgIpc) is 3.18. The first-order valence-corrected chi connectivity index (χ1v) is 9.03. The van der Waals surface area contributed by atoms with E-state index in [0.717, 1.165) is 28.2 Å². The molecule has 5 N–H and O–H groups in total. The van der Waals surface area contributed by atoms with Gasteiger partial charge < -0.3 is 31.3 Å². The monoisotopic (exact) mass is 381 g/mol. The molecule has 1 atom stereocenters. The van der Waals surface area contributed by atoms with E-state index in [-0.39, 0.29) is 18.1 Å². The number of carbonyl (C=O) groups is 2. The lowest BCUT2D eigenvalue weighted by Gasteiger charge is -2.18. The Labute approximate surface area is 163 Å². The van der Waals surface area contributed by atoms with E-state index in [1.165, 1.54) is 0 Å².